The molecule has 0 saturated heterocycles. The van der Waals surface area contributed by atoms with E-state index in [0.717, 1.165) is 31.0 Å². The smallest absolute Gasteiger partial charge is 0.258 e. The second-order valence-corrected chi connectivity index (χ2v) is 5.00. The monoisotopic (exact) mass is 302 g/mol. The Kier molecular flexibility index (Phi) is 4.22. The van der Waals surface area contributed by atoms with Gasteiger partial charge in [-0.15, -0.1) is 10.2 Å². The third-order valence-corrected chi connectivity index (χ3v) is 3.56. The largest absolute Gasteiger partial charge is 0.493 e. The molecule has 7 heteroatoms. The van der Waals surface area contributed by atoms with Gasteiger partial charge in [0, 0.05) is 13.0 Å². The lowest BCUT2D eigenvalue weighted by molar-refractivity contribution is -0.123. The van der Waals surface area contributed by atoms with Crippen molar-refractivity contribution >= 4 is 5.91 Å². The van der Waals surface area contributed by atoms with E-state index in [1.165, 1.54) is 0 Å². The quantitative estimate of drug-likeness (QED) is 0.859. The molecule has 0 saturated carbocycles. The molecule has 0 aliphatic carbocycles. The first-order chi connectivity index (χ1) is 10.8. The molecule has 1 aliphatic heterocycles. The molecule has 0 atom stereocenters. The second-order valence-electron chi connectivity index (χ2n) is 5.00. The Morgan fingerprint density at radius 1 is 1.32 bits per heavy atom. The minimum atomic E-state index is -0.207. The van der Waals surface area contributed by atoms with Gasteiger partial charge in [-0.1, -0.05) is 12.1 Å². The Labute approximate surface area is 128 Å². The first kappa shape index (κ1) is 14.4. The Balaban J connectivity index is 1.50. The van der Waals surface area contributed by atoms with Crippen LogP contribution in [0, 0.1) is 0 Å². The molecular formula is C15H18N4O3. The van der Waals surface area contributed by atoms with Crippen LogP contribution in [0.25, 0.3) is 0 Å². The van der Waals surface area contributed by atoms with Gasteiger partial charge in [-0.25, -0.2) is 0 Å². The summed E-state index contributed by atoms with van der Waals surface area (Å²) in [6, 6.07) is 7.22. The normalized spacial score (nSPS) is 12.8. The zero-order valence-electron chi connectivity index (χ0n) is 12.4. The molecule has 2 aromatic rings. The van der Waals surface area contributed by atoms with Gasteiger partial charge in [0.2, 0.25) is 0 Å². The first-order valence-electron chi connectivity index (χ1n) is 7.21. The van der Waals surface area contributed by atoms with Crippen molar-refractivity contribution in [1.82, 2.24) is 20.1 Å². The number of amides is 1. The van der Waals surface area contributed by atoms with E-state index in [2.05, 4.69) is 20.1 Å². The lowest BCUT2D eigenvalue weighted by Crippen LogP contribution is -2.29. The van der Waals surface area contributed by atoms with Crippen LogP contribution in [0.15, 0.2) is 24.3 Å². The summed E-state index contributed by atoms with van der Waals surface area (Å²) in [6.45, 7) is 1.22. The van der Waals surface area contributed by atoms with Gasteiger partial charge in [0.25, 0.3) is 5.91 Å². The highest BCUT2D eigenvalue weighted by Gasteiger charge is 2.17. The van der Waals surface area contributed by atoms with Crippen LogP contribution in [0.2, 0.25) is 0 Å². The number of aryl methyl sites for hydroxylation is 1. The van der Waals surface area contributed by atoms with Crippen molar-refractivity contribution in [2.24, 2.45) is 0 Å². The van der Waals surface area contributed by atoms with Crippen LogP contribution in [0.4, 0.5) is 0 Å². The molecule has 1 aromatic heterocycles. The molecule has 0 bridgehead atoms. The van der Waals surface area contributed by atoms with Gasteiger partial charge in [0.05, 0.1) is 13.7 Å². The Bertz CT molecular complexity index is 669. The van der Waals surface area contributed by atoms with Crippen molar-refractivity contribution in [3.63, 3.8) is 0 Å². The van der Waals surface area contributed by atoms with Gasteiger partial charge in [-0.2, -0.15) is 0 Å². The highest BCUT2D eigenvalue weighted by Crippen LogP contribution is 2.25. The molecule has 1 amide bonds. The third kappa shape index (κ3) is 3.03. The van der Waals surface area contributed by atoms with E-state index in [4.69, 9.17) is 9.47 Å². The summed E-state index contributed by atoms with van der Waals surface area (Å²) < 4.78 is 12.7. The zero-order chi connectivity index (χ0) is 15.4. The fourth-order valence-corrected chi connectivity index (χ4v) is 2.45. The molecule has 0 unspecified atom stereocenters. The van der Waals surface area contributed by atoms with E-state index in [9.17, 15) is 4.79 Å². The minimum absolute atomic E-state index is 0.0681. The molecule has 7 nitrogen and oxygen atoms in total. The molecule has 1 aliphatic rings. The number of para-hydroxylation sites is 2. The SMILES string of the molecule is COc1ccccc1OCC(=O)NCc1nnc2n1CCC2. The molecule has 22 heavy (non-hydrogen) atoms. The Hall–Kier alpha value is -2.57. The number of nitrogens with one attached hydrogen (secondary N) is 1. The fourth-order valence-electron chi connectivity index (χ4n) is 2.45. The molecule has 116 valence electrons. The van der Waals surface area contributed by atoms with Crippen LogP contribution >= 0.6 is 0 Å². The first-order valence-corrected chi connectivity index (χ1v) is 7.21. The number of hydrogen-bond acceptors (Lipinski definition) is 5. The molecule has 2 heterocycles. The number of carbonyl (C=O) groups is 1. The lowest BCUT2D eigenvalue weighted by Gasteiger charge is -2.10. The molecule has 0 radical (unpaired) electrons. The van der Waals surface area contributed by atoms with Crippen LogP contribution < -0.4 is 14.8 Å². The fraction of sp³-hybridized carbons (Fsp3) is 0.400. The number of methoxy groups -OCH3 is 1. The van der Waals surface area contributed by atoms with E-state index >= 15 is 0 Å². The van der Waals surface area contributed by atoms with Gasteiger partial charge in [-0.3, -0.25) is 4.79 Å². The van der Waals surface area contributed by atoms with Gasteiger partial charge >= 0.3 is 0 Å². The van der Waals surface area contributed by atoms with E-state index < -0.39 is 0 Å². The van der Waals surface area contributed by atoms with Crippen LogP contribution in [0.1, 0.15) is 18.1 Å². The zero-order valence-corrected chi connectivity index (χ0v) is 12.4. The summed E-state index contributed by atoms with van der Waals surface area (Å²) in [6.07, 6.45) is 2.04. The molecule has 0 fully saturated rings. The van der Waals surface area contributed by atoms with Crippen molar-refractivity contribution in [3.8, 4) is 11.5 Å². The molecule has 3 rings (SSSR count). The average Bonchev–Trinajstić information content (AvgIpc) is 3.15. The maximum Gasteiger partial charge on any atom is 0.258 e. The number of carbonyl (C=O) groups excluding carboxylic acids is 1. The standard InChI is InChI=1S/C15H18N4O3/c1-21-11-5-2-3-6-12(11)22-10-15(20)16-9-14-18-17-13-7-4-8-19(13)14/h2-3,5-6H,4,7-10H2,1H3,(H,16,20). The van der Waals surface area contributed by atoms with Crippen molar-refractivity contribution in [2.75, 3.05) is 13.7 Å². The van der Waals surface area contributed by atoms with Gasteiger partial charge in [0.1, 0.15) is 5.82 Å². The van der Waals surface area contributed by atoms with Crippen molar-refractivity contribution in [3.05, 3.63) is 35.9 Å². The van der Waals surface area contributed by atoms with Crippen LogP contribution in [-0.2, 0) is 24.3 Å². The topological polar surface area (TPSA) is 78.3 Å². The van der Waals surface area contributed by atoms with Crippen molar-refractivity contribution in [1.29, 1.82) is 0 Å². The van der Waals surface area contributed by atoms with E-state index in [0.29, 0.717) is 18.0 Å². The summed E-state index contributed by atoms with van der Waals surface area (Å²) >= 11 is 0. The summed E-state index contributed by atoms with van der Waals surface area (Å²) in [5.74, 6) is 2.73. The Morgan fingerprint density at radius 3 is 2.95 bits per heavy atom. The maximum atomic E-state index is 11.9. The number of benzene rings is 1. The van der Waals surface area contributed by atoms with Crippen molar-refractivity contribution < 1.29 is 14.3 Å². The summed E-state index contributed by atoms with van der Waals surface area (Å²) in [4.78, 5) is 11.9. The van der Waals surface area contributed by atoms with Crippen LogP contribution in [0.5, 0.6) is 11.5 Å². The molecule has 1 N–H and O–H groups in total. The number of rotatable bonds is 6. The van der Waals surface area contributed by atoms with E-state index in [1.807, 2.05) is 12.1 Å². The predicted molar refractivity (Wildman–Crippen MR) is 78.7 cm³/mol. The van der Waals surface area contributed by atoms with Crippen molar-refractivity contribution in [2.45, 2.75) is 25.9 Å². The summed E-state index contributed by atoms with van der Waals surface area (Å²) in [5, 5.41) is 11.0. The third-order valence-electron chi connectivity index (χ3n) is 3.56. The second kappa shape index (κ2) is 6.46. The molecular weight excluding hydrogens is 284 g/mol. The van der Waals surface area contributed by atoms with Gasteiger partial charge in [0.15, 0.2) is 23.9 Å². The van der Waals surface area contributed by atoms with E-state index in [-0.39, 0.29) is 12.5 Å². The van der Waals surface area contributed by atoms with Gasteiger partial charge in [-0.05, 0) is 18.6 Å². The highest BCUT2D eigenvalue weighted by molar-refractivity contribution is 5.77. The number of nitrogens with zero attached hydrogens (tertiary/aromatic N) is 3. The highest BCUT2D eigenvalue weighted by atomic mass is 16.5. The average molecular weight is 302 g/mol. The summed E-state index contributed by atoms with van der Waals surface area (Å²) in [5.41, 5.74) is 0. The van der Waals surface area contributed by atoms with E-state index in [1.54, 1.807) is 19.2 Å². The molecule has 0 spiro atoms. The number of ether oxygens (including phenoxy) is 2. The maximum absolute atomic E-state index is 11.9. The molecule has 1 aromatic carbocycles. The van der Waals surface area contributed by atoms with Crippen LogP contribution in [-0.4, -0.2) is 34.4 Å². The number of fused-ring (bicyclic) bond motifs is 1. The number of hydrogen-bond donors (Lipinski definition) is 1. The predicted octanol–water partition coefficient (Wildman–Crippen LogP) is 0.928. The number of aromatic nitrogens is 3. The minimum Gasteiger partial charge on any atom is -0.493 e. The lowest BCUT2D eigenvalue weighted by atomic mass is 10.3. The summed E-state index contributed by atoms with van der Waals surface area (Å²) in [7, 11) is 1.56. The Morgan fingerprint density at radius 2 is 2.14 bits per heavy atom. The van der Waals surface area contributed by atoms with Gasteiger partial charge < -0.3 is 19.4 Å². The van der Waals surface area contributed by atoms with Crippen LogP contribution in [0.3, 0.4) is 0 Å².